The van der Waals surface area contributed by atoms with Crippen molar-refractivity contribution in [1.82, 2.24) is 0 Å². The van der Waals surface area contributed by atoms with E-state index in [2.05, 4.69) is 25.9 Å². The largest absolute Gasteiger partial charge is 0.478 e. The van der Waals surface area contributed by atoms with Gasteiger partial charge in [-0.25, -0.2) is 9.79 Å². The molecule has 1 saturated carbocycles. The van der Waals surface area contributed by atoms with Gasteiger partial charge in [0.2, 0.25) is 11.9 Å². The van der Waals surface area contributed by atoms with E-state index in [0.717, 1.165) is 19.3 Å². The second kappa shape index (κ2) is 6.25. The summed E-state index contributed by atoms with van der Waals surface area (Å²) in [6, 6.07) is 3.22. The van der Waals surface area contributed by atoms with Gasteiger partial charge in [0.25, 0.3) is 0 Å². The minimum absolute atomic E-state index is 0.0372. The fourth-order valence-corrected chi connectivity index (χ4v) is 4.15. The van der Waals surface area contributed by atoms with Gasteiger partial charge in [0.05, 0.1) is 10.7 Å². The number of halogens is 2. The average molecular weight is 415 g/mol. The van der Waals surface area contributed by atoms with Crippen LogP contribution in [0.3, 0.4) is 0 Å². The highest BCUT2D eigenvalue weighted by Gasteiger charge is 2.44. The van der Waals surface area contributed by atoms with Crippen molar-refractivity contribution in [1.29, 1.82) is 0 Å². The van der Waals surface area contributed by atoms with Gasteiger partial charge >= 0.3 is 5.97 Å². The molecule has 0 amide bonds. The summed E-state index contributed by atoms with van der Waals surface area (Å²) in [6.45, 7) is 0. The van der Waals surface area contributed by atoms with E-state index in [-0.39, 0.29) is 22.5 Å². The Morgan fingerprint density at radius 2 is 1.96 bits per heavy atom. The molecule has 1 aliphatic heterocycles. The van der Waals surface area contributed by atoms with Gasteiger partial charge in [0.15, 0.2) is 0 Å². The van der Waals surface area contributed by atoms with Gasteiger partial charge in [0.1, 0.15) is 11.2 Å². The van der Waals surface area contributed by atoms with E-state index in [1.54, 1.807) is 11.0 Å². The van der Waals surface area contributed by atoms with Gasteiger partial charge in [-0.2, -0.15) is 4.99 Å². The van der Waals surface area contributed by atoms with Crippen LogP contribution in [0.5, 0.6) is 0 Å². The molecule has 9 heteroatoms. The number of benzene rings is 1. The molecule has 1 aromatic rings. The number of carboxylic acids is 1. The van der Waals surface area contributed by atoms with Crippen LogP contribution in [0.25, 0.3) is 0 Å². The first kappa shape index (κ1) is 17.0. The van der Waals surface area contributed by atoms with Crippen LogP contribution in [0.15, 0.2) is 26.6 Å². The molecule has 24 heavy (non-hydrogen) atoms. The maximum atomic E-state index is 11.8. The van der Waals surface area contributed by atoms with Gasteiger partial charge < -0.3 is 16.6 Å². The van der Waals surface area contributed by atoms with Crippen molar-refractivity contribution in [2.45, 2.75) is 37.8 Å². The Balaban J connectivity index is 2.25. The molecular weight excluding hydrogens is 398 g/mol. The smallest absolute Gasteiger partial charge is 0.339 e. The zero-order chi connectivity index (χ0) is 17.5. The molecule has 0 saturated heterocycles. The standard InChI is InChI=1S/C15H17BrClN5O2/c16-8-4-5-9(17)10(12(23)24)11(8)22-14(19)20-13(18)21-15(22)6-2-1-3-7-15/h4-5H,1-3,6-7H2,(H,23,24)(H4,18,19,20,21). The maximum absolute atomic E-state index is 11.8. The van der Waals surface area contributed by atoms with Crippen LogP contribution >= 0.6 is 27.5 Å². The highest BCUT2D eigenvalue weighted by atomic mass is 79.9. The van der Waals surface area contributed by atoms with Crippen molar-refractivity contribution in [2.24, 2.45) is 21.5 Å². The minimum Gasteiger partial charge on any atom is -0.478 e. The Morgan fingerprint density at radius 3 is 2.58 bits per heavy atom. The lowest BCUT2D eigenvalue weighted by molar-refractivity contribution is 0.0697. The van der Waals surface area contributed by atoms with E-state index >= 15 is 0 Å². The number of hydrogen-bond acceptors (Lipinski definition) is 6. The molecular formula is C15H17BrClN5O2. The first-order valence-electron chi connectivity index (χ1n) is 7.57. The second-order valence-electron chi connectivity index (χ2n) is 5.88. The van der Waals surface area contributed by atoms with E-state index in [4.69, 9.17) is 23.1 Å². The number of hydrogen-bond donors (Lipinski definition) is 3. The van der Waals surface area contributed by atoms with E-state index < -0.39 is 11.6 Å². The Bertz CT molecular complexity index is 758. The Kier molecular flexibility index (Phi) is 4.44. The lowest BCUT2D eigenvalue weighted by Crippen LogP contribution is -2.58. The minimum atomic E-state index is -1.14. The number of aromatic carboxylic acids is 1. The predicted molar refractivity (Wildman–Crippen MR) is 97.7 cm³/mol. The lowest BCUT2D eigenvalue weighted by atomic mass is 9.87. The summed E-state index contributed by atoms with van der Waals surface area (Å²) >= 11 is 9.57. The molecule has 0 bridgehead atoms. The SMILES string of the molecule is NC1=NC2(CCCCC2)N(c2c(Br)ccc(Cl)c2C(=O)O)C(N)=N1. The molecule has 0 radical (unpaired) electrons. The van der Waals surface area contributed by atoms with Crippen molar-refractivity contribution in [3.05, 3.63) is 27.2 Å². The molecule has 0 aromatic heterocycles. The van der Waals surface area contributed by atoms with Crippen LogP contribution in [0.4, 0.5) is 5.69 Å². The number of aliphatic imine (C=N–C) groups is 2. The van der Waals surface area contributed by atoms with Gasteiger partial charge in [-0.05, 0) is 53.7 Å². The van der Waals surface area contributed by atoms with Gasteiger partial charge in [0, 0.05) is 4.47 Å². The molecule has 5 N–H and O–H groups in total. The number of anilines is 1. The number of nitrogens with two attached hydrogens (primary N) is 2. The number of nitrogens with zero attached hydrogens (tertiary/aromatic N) is 3. The van der Waals surface area contributed by atoms with Crippen molar-refractivity contribution < 1.29 is 9.90 Å². The third kappa shape index (κ3) is 2.73. The summed E-state index contributed by atoms with van der Waals surface area (Å²) in [6.07, 6.45) is 4.40. The summed E-state index contributed by atoms with van der Waals surface area (Å²) in [5.74, 6) is -0.909. The molecule has 2 aliphatic rings. The average Bonchev–Trinajstić information content (AvgIpc) is 2.50. The summed E-state index contributed by atoms with van der Waals surface area (Å²) < 4.78 is 0.558. The highest BCUT2D eigenvalue weighted by molar-refractivity contribution is 9.10. The van der Waals surface area contributed by atoms with Crippen LogP contribution in [-0.2, 0) is 0 Å². The van der Waals surface area contributed by atoms with Crippen LogP contribution in [0, 0.1) is 0 Å². The molecule has 1 fully saturated rings. The zero-order valence-corrected chi connectivity index (χ0v) is 15.1. The van der Waals surface area contributed by atoms with Crippen LogP contribution in [0.1, 0.15) is 42.5 Å². The summed E-state index contributed by atoms with van der Waals surface area (Å²) in [7, 11) is 0. The molecule has 1 aliphatic carbocycles. The Morgan fingerprint density at radius 1 is 1.29 bits per heavy atom. The number of carbonyl (C=O) groups is 1. The van der Waals surface area contributed by atoms with E-state index in [0.29, 0.717) is 23.0 Å². The first-order chi connectivity index (χ1) is 11.4. The van der Waals surface area contributed by atoms with E-state index in [9.17, 15) is 9.90 Å². The summed E-state index contributed by atoms with van der Waals surface area (Å²) in [5.41, 5.74) is 11.6. The second-order valence-corrected chi connectivity index (χ2v) is 7.14. The number of rotatable bonds is 2. The summed E-state index contributed by atoms with van der Waals surface area (Å²) in [4.78, 5) is 22.1. The molecule has 1 aromatic carbocycles. The molecule has 0 atom stereocenters. The molecule has 7 nitrogen and oxygen atoms in total. The van der Waals surface area contributed by atoms with Gasteiger partial charge in [-0.15, -0.1) is 0 Å². The zero-order valence-electron chi connectivity index (χ0n) is 12.8. The van der Waals surface area contributed by atoms with Crippen molar-refractivity contribution >= 4 is 51.1 Å². The normalized spacial score (nSPS) is 19.8. The van der Waals surface area contributed by atoms with Gasteiger partial charge in [-0.1, -0.05) is 18.0 Å². The molecule has 1 heterocycles. The van der Waals surface area contributed by atoms with Crippen molar-refractivity contribution in [3.8, 4) is 0 Å². The third-order valence-electron chi connectivity index (χ3n) is 4.37. The number of carboxylic acid groups (broad SMARTS) is 1. The fourth-order valence-electron chi connectivity index (χ4n) is 3.41. The van der Waals surface area contributed by atoms with Crippen molar-refractivity contribution in [2.75, 3.05) is 4.90 Å². The van der Waals surface area contributed by atoms with E-state index in [1.165, 1.54) is 6.07 Å². The fraction of sp³-hybridized carbons (Fsp3) is 0.400. The van der Waals surface area contributed by atoms with Crippen LogP contribution in [0.2, 0.25) is 5.02 Å². The topological polar surface area (TPSA) is 117 Å². The van der Waals surface area contributed by atoms with Crippen molar-refractivity contribution in [3.63, 3.8) is 0 Å². The lowest BCUT2D eigenvalue weighted by Gasteiger charge is -2.46. The predicted octanol–water partition coefficient (Wildman–Crippen LogP) is 2.91. The van der Waals surface area contributed by atoms with Gasteiger partial charge in [-0.3, -0.25) is 4.90 Å². The van der Waals surface area contributed by atoms with Crippen LogP contribution < -0.4 is 16.4 Å². The highest BCUT2D eigenvalue weighted by Crippen LogP contribution is 2.44. The summed E-state index contributed by atoms with van der Waals surface area (Å²) in [5, 5.41) is 9.78. The quantitative estimate of drug-likeness (QED) is 0.688. The molecule has 0 unspecified atom stereocenters. The molecule has 3 rings (SSSR count). The Hall–Kier alpha value is -1.80. The van der Waals surface area contributed by atoms with E-state index in [1.807, 2.05) is 0 Å². The molecule has 128 valence electrons. The third-order valence-corrected chi connectivity index (χ3v) is 5.32. The number of guanidine groups is 2. The first-order valence-corrected chi connectivity index (χ1v) is 8.74. The maximum Gasteiger partial charge on any atom is 0.339 e. The monoisotopic (exact) mass is 413 g/mol. The Labute approximate surface area is 152 Å². The molecule has 1 spiro atoms. The van der Waals surface area contributed by atoms with Crippen LogP contribution in [-0.4, -0.2) is 28.7 Å².